The fourth-order valence-electron chi connectivity index (χ4n) is 1.92. The zero-order valence-electron chi connectivity index (χ0n) is 10.8. The van der Waals surface area contributed by atoms with E-state index in [2.05, 4.69) is 35.8 Å². The van der Waals surface area contributed by atoms with Gasteiger partial charge >= 0.3 is 0 Å². The van der Waals surface area contributed by atoms with Crippen LogP contribution in [0.5, 0.6) is 0 Å². The van der Waals surface area contributed by atoms with E-state index in [4.69, 9.17) is 16.7 Å². The van der Waals surface area contributed by atoms with Gasteiger partial charge in [0.2, 0.25) is 0 Å². The first-order valence-corrected chi connectivity index (χ1v) is 8.41. The molecule has 0 aliphatic rings. The average Bonchev–Trinajstić information content (AvgIpc) is 3.02. The predicted octanol–water partition coefficient (Wildman–Crippen LogP) is 4.16. The van der Waals surface area contributed by atoms with E-state index in [1.54, 1.807) is 22.7 Å². The van der Waals surface area contributed by atoms with E-state index in [9.17, 15) is 0 Å². The Morgan fingerprint density at radius 3 is 2.74 bits per heavy atom. The molecular formula is C14H18ClNOS2. The maximum Gasteiger partial charge on any atom is 0.0931 e. The lowest BCUT2D eigenvalue weighted by molar-refractivity contribution is 0.259. The Balaban J connectivity index is 2.07. The highest BCUT2D eigenvalue weighted by atomic mass is 35.5. The summed E-state index contributed by atoms with van der Waals surface area (Å²) in [6.45, 7) is 3.28. The Morgan fingerprint density at radius 1 is 1.32 bits per heavy atom. The standard InChI is InChI=1S/C14H18ClNOS2/c1-10(6-7-17)9-16-14(11-3-2-8-18-11)12-4-5-13(15)19-12/h2-5,8,10,14,16-17H,6-7,9H2,1H3. The summed E-state index contributed by atoms with van der Waals surface area (Å²) in [5.74, 6) is 0.461. The molecule has 0 aromatic carbocycles. The van der Waals surface area contributed by atoms with Crippen molar-refractivity contribution >= 4 is 34.3 Å². The van der Waals surface area contributed by atoms with E-state index in [0.29, 0.717) is 5.92 Å². The van der Waals surface area contributed by atoms with Crippen molar-refractivity contribution in [2.75, 3.05) is 13.2 Å². The molecule has 0 aliphatic carbocycles. The first-order chi connectivity index (χ1) is 9.20. The molecule has 2 aromatic rings. The van der Waals surface area contributed by atoms with Crippen LogP contribution in [0.4, 0.5) is 0 Å². The molecule has 0 aliphatic heterocycles. The van der Waals surface area contributed by atoms with Crippen LogP contribution in [0.15, 0.2) is 29.6 Å². The lowest BCUT2D eigenvalue weighted by Crippen LogP contribution is -2.26. The summed E-state index contributed by atoms with van der Waals surface area (Å²) in [7, 11) is 0. The molecule has 2 aromatic heterocycles. The zero-order valence-corrected chi connectivity index (χ0v) is 13.2. The molecule has 2 rings (SSSR count). The molecule has 0 fully saturated rings. The minimum absolute atomic E-state index is 0.207. The van der Waals surface area contributed by atoms with E-state index < -0.39 is 0 Å². The van der Waals surface area contributed by atoms with Crippen molar-refractivity contribution in [1.29, 1.82) is 0 Å². The van der Waals surface area contributed by atoms with Gasteiger partial charge in [-0.2, -0.15) is 0 Å². The molecule has 0 amide bonds. The maximum atomic E-state index is 8.97. The molecular weight excluding hydrogens is 298 g/mol. The van der Waals surface area contributed by atoms with Crippen molar-refractivity contribution in [3.05, 3.63) is 43.7 Å². The van der Waals surface area contributed by atoms with E-state index in [1.165, 1.54) is 9.75 Å². The number of aliphatic hydroxyl groups excluding tert-OH is 1. The molecule has 19 heavy (non-hydrogen) atoms. The van der Waals surface area contributed by atoms with E-state index in [0.717, 1.165) is 17.3 Å². The topological polar surface area (TPSA) is 32.3 Å². The third-order valence-electron chi connectivity index (χ3n) is 3.00. The number of aliphatic hydroxyl groups is 1. The van der Waals surface area contributed by atoms with Gasteiger partial charge in [-0.15, -0.1) is 22.7 Å². The summed E-state index contributed by atoms with van der Waals surface area (Å²) < 4.78 is 0.821. The number of hydrogen-bond acceptors (Lipinski definition) is 4. The highest BCUT2D eigenvalue weighted by Gasteiger charge is 2.17. The van der Waals surface area contributed by atoms with Gasteiger partial charge in [-0.05, 0) is 42.5 Å². The summed E-state index contributed by atoms with van der Waals surface area (Å²) in [6, 6.07) is 8.45. The third kappa shape index (κ3) is 4.29. The van der Waals surface area contributed by atoms with E-state index in [1.807, 2.05) is 6.07 Å². The monoisotopic (exact) mass is 315 g/mol. The molecule has 0 saturated heterocycles. The van der Waals surface area contributed by atoms with Crippen molar-refractivity contribution in [2.24, 2.45) is 5.92 Å². The molecule has 0 radical (unpaired) electrons. The smallest absolute Gasteiger partial charge is 0.0931 e. The van der Waals surface area contributed by atoms with Gasteiger partial charge < -0.3 is 10.4 Å². The van der Waals surface area contributed by atoms with Crippen LogP contribution in [0.25, 0.3) is 0 Å². The van der Waals surface area contributed by atoms with E-state index >= 15 is 0 Å². The van der Waals surface area contributed by atoms with E-state index in [-0.39, 0.29) is 12.6 Å². The summed E-state index contributed by atoms with van der Waals surface area (Å²) in [5, 5.41) is 14.6. The second kappa shape index (κ2) is 7.41. The van der Waals surface area contributed by atoms with Crippen LogP contribution in [-0.4, -0.2) is 18.3 Å². The number of nitrogens with one attached hydrogen (secondary N) is 1. The fourth-order valence-corrected chi connectivity index (χ4v) is 3.97. The second-order valence-corrected chi connectivity index (χ2v) is 7.34. The van der Waals surface area contributed by atoms with Gasteiger partial charge in [-0.3, -0.25) is 0 Å². The lowest BCUT2D eigenvalue weighted by Gasteiger charge is -2.19. The van der Waals surface area contributed by atoms with Crippen molar-refractivity contribution in [2.45, 2.75) is 19.4 Å². The predicted molar refractivity (Wildman–Crippen MR) is 84.4 cm³/mol. The average molecular weight is 316 g/mol. The maximum absolute atomic E-state index is 8.97. The van der Waals surface area contributed by atoms with Crippen LogP contribution >= 0.6 is 34.3 Å². The van der Waals surface area contributed by atoms with Crippen LogP contribution in [0.3, 0.4) is 0 Å². The minimum atomic E-state index is 0.207. The highest BCUT2D eigenvalue weighted by Crippen LogP contribution is 2.33. The van der Waals surface area contributed by atoms with Crippen LogP contribution in [-0.2, 0) is 0 Å². The second-order valence-electron chi connectivity index (χ2n) is 4.62. The molecule has 2 unspecified atom stereocenters. The Morgan fingerprint density at radius 2 is 2.16 bits per heavy atom. The minimum Gasteiger partial charge on any atom is -0.396 e. The molecule has 5 heteroatoms. The number of hydrogen-bond donors (Lipinski definition) is 2. The molecule has 0 bridgehead atoms. The number of thiophene rings is 2. The molecule has 0 saturated carbocycles. The van der Waals surface area contributed by atoms with Crippen molar-refractivity contribution in [3.63, 3.8) is 0 Å². The zero-order chi connectivity index (χ0) is 13.7. The van der Waals surface area contributed by atoms with Gasteiger partial charge in [-0.1, -0.05) is 24.6 Å². The first kappa shape index (κ1) is 15.0. The van der Waals surface area contributed by atoms with Crippen LogP contribution in [0, 0.1) is 5.92 Å². The van der Waals surface area contributed by atoms with Crippen molar-refractivity contribution in [1.82, 2.24) is 5.32 Å². The first-order valence-electron chi connectivity index (χ1n) is 6.33. The summed E-state index contributed by atoms with van der Waals surface area (Å²) in [5.41, 5.74) is 0. The van der Waals surface area contributed by atoms with Crippen LogP contribution in [0.1, 0.15) is 29.1 Å². The number of halogens is 1. The van der Waals surface area contributed by atoms with Gasteiger partial charge in [-0.25, -0.2) is 0 Å². The SMILES string of the molecule is CC(CCO)CNC(c1cccs1)c1ccc(Cl)s1. The third-order valence-corrected chi connectivity index (χ3v) is 5.23. The van der Waals surface area contributed by atoms with Gasteiger partial charge in [0, 0.05) is 16.4 Å². The molecule has 2 N–H and O–H groups in total. The normalized spacial score (nSPS) is 14.5. The molecule has 104 valence electrons. The molecule has 2 heterocycles. The largest absolute Gasteiger partial charge is 0.396 e. The highest BCUT2D eigenvalue weighted by molar-refractivity contribution is 7.16. The molecule has 0 spiro atoms. The van der Waals surface area contributed by atoms with Crippen molar-refractivity contribution in [3.8, 4) is 0 Å². The Bertz CT molecular complexity index is 483. The van der Waals surface area contributed by atoms with Gasteiger partial charge in [0.1, 0.15) is 0 Å². The van der Waals surface area contributed by atoms with Crippen LogP contribution < -0.4 is 5.32 Å². The summed E-state index contributed by atoms with van der Waals surface area (Å²) >= 11 is 9.41. The van der Waals surface area contributed by atoms with Crippen LogP contribution in [0.2, 0.25) is 4.34 Å². The summed E-state index contributed by atoms with van der Waals surface area (Å²) in [4.78, 5) is 2.54. The Hall–Kier alpha value is -0.390. The van der Waals surface area contributed by atoms with Gasteiger partial charge in [0.05, 0.1) is 10.4 Å². The fraction of sp³-hybridized carbons (Fsp3) is 0.429. The Labute approximate surface area is 127 Å². The van der Waals surface area contributed by atoms with Gasteiger partial charge in [0.25, 0.3) is 0 Å². The Kier molecular flexibility index (Phi) is 5.85. The quantitative estimate of drug-likeness (QED) is 0.804. The van der Waals surface area contributed by atoms with Gasteiger partial charge in [0.15, 0.2) is 0 Å². The van der Waals surface area contributed by atoms with Crippen molar-refractivity contribution < 1.29 is 5.11 Å². The summed E-state index contributed by atoms with van der Waals surface area (Å²) in [6.07, 6.45) is 0.829. The molecule has 2 atom stereocenters. The number of rotatable bonds is 7. The lowest BCUT2D eigenvalue weighted by atomic mass is 10.1. The molecule has 2 nitrogen and oxygen atoms in total.